The molecule has 0 aliphatic heterocycles. The maximum Gasteiger partial charge on any atom is 0.227 e. The Balaban J connectivity index is 2.04. The fraction of sp³-hybridized carbons (Fsp3) is 0.125. The van der Waals surface area contributed by atoms with Crippen LogP contribution in [0, 0.1) is 6.92 Å². The molecule has 24 heavy (non-hydrogen) atoms. The maximum absolute atomic E-state index is 12.8. The van der Waals surface area contributed by atoms with E-state index in [0.29, 0.717) is 22.8 Å². The second kappa shape index (κ2) is 5.97. The van der Waals surface area contributed by atoms with Crippen LogP contribution in [0.4, 0.5) is 5.69 Å². The summed E-state index contributed by atoms with van der Waals surface area (Å²) in [5.41, 5.74) is 7.39. The lowest BCUT2D eigenvalue weighted by Gasteiger charge is -2.06. The van der Waals surface area contributed by atoms with Crippen LogP contribution in [0.2, 0.25) is 0 Å². The highest BCUT2D eigenvalue weighted by atomic mass is 32.2. The Morgan fingerprint density at radius 3 is 2.25 bits per heavy atom. The molecule has 1 aromatic heterocycles. The van der Waals surface area contributed by atoms with E-state index in [0.717, 1.165) is 0 Å². The summed E-state index contributed by atoms with van der Waals surface area (Å²) in [5, 5.41) is 7.75. The van der Waals surface area contributed by atoms with Crippen LogP contribution in [0.5, 0.6) is 5.75 Å². The number of sulfone groups is 1. The zero-order chi connectivity index (χ0) is 17.3. The predicted octanol–water partition coefficient (Wildman–Crippen LogP) is 2.00. The molecule has 0 saturated heterocycles. The summed E-state index contributed by atoms with van der Waals surface area (Å²) < 4.78 is 32.1. The van der Waals surface area contributed by atoms with Crippen LogP contribution in [-0.4, -0.2) is 30.5 Å². The van der Waals surface area contributed by atoms with E-state index >= 15 is 0 Å². The number of hydrogen-bond acceptors (Lipinski definition) is 6. The van der Waals surface area contributed by atoms with Crippen LogP contribution < -0.4 is 10.5 Å². The van der Waals surface area contributed by atoms with Crippen LogP contribution in [0.1, 0.15) is 5.69 Å². The van der Waals surface area contributed by atoms with E-state index in [1.165, 1.54) is 23.9 Å². The molecule has 2 aromatic carbocycles. The summed E-state index contributed by atoms with van der Waals surface area (Å²) in [6, 6.07) is 13.1. The SMILES string of the molecule is COc1ccc(S(=O)(=O)c2nnn(-c3ccc(N)cc3)c2C)cc1. The van der Waals surface area contributed by atoms with Gasteiger partial charge in [0.05, 0.1) is 23.4 Å². The third-order valence-corrected chi connectivity index (χ3v) is 5.39. The molecule has 0 unspecified atom stereocenters. The van der Waals surface area contributed by atoms with Gasteiger partial charge in [0.15, 0.2) is 0 Å². The molecule has 0 saturated carbocycles. The van der Waals surface area contributed by atoms with E-state index in [2.05, 4.69) is 10.3 Å². The molecule has 3 aromatic rings. The van der Waals surface area contributed by atoms with Gasteiger partial charge in [-0.15, -0.1) is 5.10 Å². The summed E-state index contributed by atoms with van der Waals surface area (Å²) in [5.74, 6) is 0.580. The van der Waals surface area contributed by atoms with Crippen molar-refractivity contribution in [2.45, 2.75) is 16.8 Å². The van der Waals surface area contributed by atoms with E-state index in [-0.39, 0.29) is 9.92 Å². The average molecular weight is 344 g/mol. The fourth-order valence-electron chi connectivity index (χ4n) is 2.29. The van der Waals surface area contributed by atoms with Crippen molar-refractivity contribution in [1.29, 1.82) is 0 Å². The van der Waals surface area contributed by atoms with Crippen molar-refractivity contribution in [3.8, 4) is 11.4 Å². The number of ether oxygens (including phenoxy) is 1. The van der Waals surface area contributed by atoms with Crippen LogP contribution in [0.15, 0.2) is 58.5 Å². The van der Waals surface area contributed by atoms with Crippen molar-refractivity contribution >= 4 is 15.5 Å². The minimum atomic E-state index is -3.76. The van der Waals surface area contributed by atoms with Gasteiger partial charge in [-0.2, -0.15) is 0 Å². The van der Waals surface area contributed by atoms with Gasteiger partial charge in [-0.25, -0.2) is 13.1 Å². The summed E-state index contributed by atoms with van der Waals surface area (Å²) in [6.07, 6.45) is 0. The third kappa shape index (κ3) is 2.71. The Bertz CT molecular complexity index is 962. The lowest BCUT2D eigenvalue weighted by Crippen LogP contribution is -2.06. The maximum atomic E-state index is 12.8. The van der Waals surface area contributed by atoms with E-state index < -0.39 is 9.84 Å². The Morgan fingerprint density at radius 1 is 1.04 bits per heavy atom. The predicted molar refractivity (Wildman–Crippen MR) is 89.0 cm³/mol. The molecular weight excluding hydrogens is 328 g/mol. The quantitative estimate of drug-likeness (QED) is 0.727. The van der Waals surface area contributed by atoms with Gasteiger partial charge >= 0.3 is 0 Å². The van der Waals surface area contributed by atoms with Crippen LogP contribution in [0.3, 0.4) is 0 Å². The monoisotopic (exact) mass is 344 g/mol. The number of nitrogens with zero attached hydrogens (tertiary/aromatic N) is 3. The summed E-state index contributed by atoms with van der Waals surface area (Å²) in [4.78, 5) is 0.135. The summed E-state index contributed by atoms with van der Waals surface area (Å²) in [6.45, 7) is 1.66. The van der Waals surface area contributed by atoms with E-state index in [1.54, 1.807) is 43.3 Å². The molecule has 0 atom stereocenters. The summed E-state index contributed by atoms with van der Waals surface area (Å²) >= 11 is 0. The Hall–Kier alpha value is -2.87. The van der Waals surface area contributed by atoms with Gasteiger partial charge in [0.1, 0.15) is 5.75 Å². The van der Waals surface area contributed by atoms with Crippen LogP contribution >= 0.6 is 0 Å². The first-order valence-corrected chi connectivity index (χ1v) is 8.59. The van der Waals surface area contributed by atoms with Gasteiger partial charge in [0.2, 0.25) is 14.9 Å². The third-order valence-electron chi connectivity index (χ3n) is 3.61. The Kier molecular flexibility index (Phi) is 3.98. The minimum absolute atomic E-state index is 0.0792. The fourth-order valence-corrected chi connectivity index (χ4v) is 3.63. The van der Waals surface area contributed by atoms with Crippen LogP contribution in [-0.2, 0) is 9.84 Å². The van der Waals surface area contributed by atoms with E-state index in [9.17, 15) is 8.42 Å². The molecule has 0 radical (unpaired) electrons. The van der Waals surface area contributed by atoms with Gasteiger partial charge < -0.3 is 10.5 Å². The number of hydrogen-bond donors (Lipinski definition) is 1. The topological polar surface area (TPSA) is 100 Å². The first-order valence-electron chi connectivity index (χ1n) is 7.11. The van der Waals surface area contributed by atoms with Gasteiger partial charge in [-0.05, 0) is 55.5 Å². The first kappa shape index (κ1) is 16.0. The largest absolute Gasteiger partial charge is 0.497 e. The van der Waals surface area contributed by atoms with Crippen LogP contribution in [0.25, 0.3) is 5.69 Å². The van der Waals surface area contributed by atoms with Crippen molar-refractivity contribution in [2.75, 3.05) is 12.8 Å². The minimum Gasteiger partial charge on any atom is -0.497 e. The molecule has 3 rings (SSSR count). The number of nitrogens with two attached hydrogens (primary N) is 1. The number of nitrogen functional groups attached to an aromatic ring is 1. The van der Waals surface area contributed by atoms with Crippen molar-refractivity contribution in [3.05, 3.63) is 54.2 Å². The molecule has 1 heterocycles. The average Bonchev–Trinajstić information content (AvgIpc) is 2.98. The highest BCUT2D eigenvalue weighted by molar-refractivity contribution is 7.91. The second-order valence-electron chi connectivity index (χ2n) is 5.16. The van der Waals surface area contributed by atoms with Gasteiger partial charge in [0, 0.05) is 5.69 Å². The zero-order valence-corrected chi connectivity index (χ0v) is 14.0. The van der Waals surface area contributed by atoms with Crippen molar-refractivity contribution in [3.63, 3.8) is 0 Å². The number of methoxy groups -OCH3 is 1. The smallest absolute Gasteiger partial charge is 0.227 e. The Labute approximate surface area is 139 Å². The highest BCUT2D eigenvalue weighted by Crippen LogP contribution is 2.25. The van der Waals surface area contributed by atoms with Gasteiger partial charge in [-0.3, -0.25) is 0 Å². The molecule has 0 aliphatic carbocycles. The van der Waals surface area contributed by atoms with Crippen molar-refractivity contribution in [1.82, 2.24) is 15.0 Å². The summed E-state index contributed by atoms with van der Waals surface area (Å²) in [7, 11) is -2.24. The number of anilines is 1. The Morgan fingerprint density at radius 2 is 1.67 bits per heavy atom. The van der Waals surface area contributed by atoms with Crippen molar-refractivity contribution < 1.29 is 13.2 Å². The molecule has 7 nitrogen and oxygen atoms in total. The molecule has 0 bridgehead atoms. The molecule has 0 aliphatic rings. The lowest BCUT2D eigenvalue weighted by molar-refractivity contribution is 0.414. The molecule has 0 amide bonds. The zero-order valence-electron chi connectivity index (χ0n) is 13.2. The molecule has 0 fully saturated rings. The van der Waals surface area contributed by atoms with Gasteiger partial charge in [0.25, 0.3) is 0 Å². The highest BCUT2D eigenvalue weighted by Gasteiger charge is 2.25. The van der Waals surface area contributed by atoms with E-state index in [4.69, 9.17) is 10.5 Å². The molecule has 2 N–H and O–H groups in total. The standard InChI is InChI=1S/C16H16N4O3S/c1-11-16(18-19-20(11)13-5-3-12(17)4-6-13)24(21,22)15-9-7-14(23-2)8-10-15/h3-10H,17H2,1-2H3. The van der Waals surface area contributed by atoms with Gasteiger partial charge in [-0.1, -0.05) is 5.21 Å². The molecule has 124 valence electrons. The normalized spacial score (nSPS) is 11.4. The lowest BCUT2D eigenvalue weighted by atomic mass is 10.3. The number of benzene rings is 2. The molecule has 8 heteroatoms. The number of rotatable bonds is 4. The van der Waals surface area contributed by atoms with Crippen molar-refractivity contribution in [2.24, 2.45) is 0 Å². The first-order chi connectivity index (χ1) is 11.4. The number of aromatic nitrogens is 3. The second-order valence-corrected chi connectivity index (χ2v) is 7.03. The molecule has 0 spiro atoms. The molecular formula is C16H16N4O3S. The van der Waals surface area contributed by atoms with E-state index in [1.807, 2.05) is 0 Å².